The predicted molar refractivity (Wildman–Crippen MR) is 118 cm³/mol. The van der Waals surface area contributed by atoms with Gasteiger partial charge in [-0.1, -0.05) is 30.3 Å². The molecule has 0 aliphatic carbocycles. The zero-order valence-electron chi connectivity index (χ0n) is 17.9. The minimum Gasteiger partial charge on any atom is -0.338 e. The molecule has 5 nitrogen and oxygen atoms in total. The number of hydrogen-bond donors (Lipinski definition) is 1. The van der Waals surface area contributed by atoms with E-state index in [4.69, 9.17) is 0 Å². The molecule has 3 aliphatic rings. The Morgan fingerprint density at radius 1 is 1.07 bits per heavy atom. The lowest BCUT2D eigenvalue weighted by atomic mass is 9.73. The van der Waals surface area contributed by atoms with Crippen molar-refractivity contribution in [2.24, 2.45) is 11.8 Å². The third-order valence-electron chi connectivity index (χ3n) is 7.44. The first-order chi connectivity index (χ1) is 14.5. The van der Waals surface area contributed by atoms with Gasteiger partial charge in [0, 0.05) is 37.4 Å². The molecule has 4 atom stereocenters. The van der Waals surface area contributed by atoms with Crippen molar-refractivity contribution in [2.75, 3.05) is 19.6 Å². The van der Waals surface area contributed by atoms with Crippen molar-refractivity contribution in [3.63, 3.8) is 0 Å². The molecule has 4 heterocycles. The van der Waals surface area contributed by atoms with Gasteiger partial charge >= 0.3 is 0 Å². The maximum atomic E-state index is 13.3. The smallest absolute Gasteiger partial charge is 0.261 e. The number of aromatic nitrogens is 1. The van der Waals surface area contributed by atoms with E-state index in [-0.39, 0.29) is 11.5 Å². The first-order valence-corrected chi connectivity index (χ1v) is 11.3. The summed E-state index contributed by atoms with van der Waals surface area (Å²) >= 11 is 0. The Morgan fingerprint density at radius 2 is 1.87 bits per heavy atom. The molecule has 2 bridgehead atoms. The second kappa shape index (κ2) is 7.69. The maximum Gasteiger partial charge on any atom is 0.261 e. The maximum absolute atomic E-state index is 13.3. The summed E-state index contributed by atoms with van der Waals surface area (Å²) in [7, 11) is 0. The lowest BCUT2D eigenvalue weighted by Gasteiger charge is -2.55. The van der Waals surface area contributed by atoms with Crippen molar-refractivity contribution >= 4 is 5.91 Å². The monoisotopic (exact) mass is 405 g/mol. The standard InChI is InChI=1S/C25H31N3O2/c1-16-11-17(2)26-24(29)23(16)25(30)27-13-18-12-20(15-27)22-10-6-9-21(28(22)14-18)19-7-4-3-5-8-19/h3-5,7-8,11,18,20-22H,6,9-10,12-15H2,1-2H3,(H,26,29)/t18-,20+,21+,22-/m0/s1. The van der Waals surface area contributed by atoms with Crippen LogP contribution in [0.15, 0.2) is 41.2 Å². The molecule has 5 heteroatoms. The Labute approximate surface area is 178 Å². The van der Waals surface area contributed by atoms with Gasteiger partial charge in [0.05, 0.1) is 0 Å². The molecule has 0 unspecified atom stereocenters. The molecule has 1 N–H and O–H groups in total. The molecule has 30 heavy (non-hydrogen) atoms. The van der Waals surface area contributed by atoms with Crippen LogP contribution in [0.25, 0.3) is 0 Å². The SMILES string of the molecule is Cc1cc(C)c(C(=O)N2C[C@@H]3C[C@H](C2)[C@@H]2CCC[C@H](c4ccccc4)N2C3)c(=O)[nH]1. The number of benzene rings is 1. The van der Waals surface area contributed by atoms with E-state index < -0.39 is 0 Å². The zero-order chi connectivity index (χ0) is 20.8. The first kappa shape index (κ1) is 19.6. The summed E-state index contributed by atoms with van der Waals surface area (Å²) in [4.78, 5) is 33.3. The minimum absolute atomic E-state index is 0.0904. The van der Waals surface area contributed by atoms with Gasteiger partial charge in [-0.3, -0.25) is 14.5 Å². The number of piperidine rings is 3. The second-order valence-electron chi connectivity index (χ2n) is 9.53. The third-order valence-corrected chi connectivity index (χ3v) is 7.44. The molecular formula is C25H31N3O2. The van der Waals surface area contributed by atoms with Crippen LogP contribution in [0.5, 0.6) is 0 Å². The van der Waals surface area contributed by atoms with E-state index in [0.29, 0.717) is 29.5 Å². The van der Waals surface area contributed by atoms with Crippen molar-refractivity contribution in [1.82, 2.24) is 14.8 Å². The number of aryl methyl sites for hydroxylation is 2. The summed E-state index contributed by atoms with van der Waals surface area (Å²) in [5.74, 6) is 0.892. The molecular weight excluding hydrogens is 374 g/mol. The molecule has 3 fully saturated rings. The molecule has 5 rings (SSSR count). The van der Waals surface area contributed by atoms with E-state index in [9.17, 15) is 9.59 Å². The van der Waals surface area contributed by atoms with Crippen LogP contribution < -0.4 is 5.56 Å². The Morgan fingerprint density at radius 3 is 2.63 bits per heavy atom. The highest BCUT2D eigenvalue weighted by atomic mass is 16.2. The number of nitrogens with one attached hydrogen (secondary N) is 1. The highest BCUT2D eigenvalue weighted by Crippen LogP contribution is 2.44. The van der Waals surface area contributed by atoms with Gasteiger partial charge in [0.15, 0.2) is 0 Å². The van der Waals surface area contributed by atoms with Crippen molar-refractivity contribution in [3.8, 4) is 0 Å². The quantitative estimate of drug-likeness (QED) is 0.829. The number of fused-ring (bicyclic) bond motifs is 4. The highest BCUT2D eigenvalue weighted by molar-refractivity contribution is 5.95. The first-order valence-electron chi connectivity index (χ1n) is 11.3. The number of pyridine rings is 1. The number of carbonyl (C=O) groups is 1. The van der Waals surface area contributed by atoms with Gasteiger partial charge in [-0.25, -0.2) is 0 Å². The van der Waals surface area contributed by atoms with E-state index in [1.54, 1.807) is 0 Å². The zero-order valence-corrected chi connectivity index (χ0v) is 17.9. The van der Waals surface area contributed by atoms with Gasteiger partial charge in [-0.2, -0.15) is 0 Å². The Balaban J connectivity index is 1.38. The topological polar surface area (TPSA) is 56.4 Å². The molecule has 158 valence electrons. The van der Waals surface area contributed by atoms with Gasteiger partial charge < -0.3 is 9.88 Å². The van der Waals surface area contributed by atoms with Crippen molar-refractivity contribution in [1.29, 1.82) is 0 Å². The number of aromatic amines is 1. The summed E-state index contributed by atoms with van der Waals surface area (Å²) < 4.78 is 0. The normalized spacial score (nSPS) is 28.8. The average Bonchev–Trinajstić information content (AvgIpc) is 2.73. The predicted octanol–water partition coefficient (Wildman–Crippen LogP) is 3.68. The molecule has 2 aromatic rings. The summed E-state index contributed by atoms with van der Waals surface area (Å²) in [6.07, 6.45) is 4.88. The fourth-order valence-electron chi connectivity index (χ4n) is 6.28. The van der Waals surface area contributed by atoms with Gasteiger partial charge in [-0.15, -0.1) is 0 Å². The molecule has 0 saturated carbocycles. The Kier molecular flexibility index (Phi) is 5.02. The molecule has 1 aromatic heterocycles. The van der Waals surface area contributed by atoms with Crippen molar-refractivity contribution < 1.29 is 4.79 Å². The second-order valence-corrected chi connectivity index (χ2v) is 9.53. The summed E-state index contributed by atoms with van der Waals surface area (Å²) in [6.45, 7) is 6.30. The van der Waals surface area contributed by atoms with Crippen LogP contribution in [0.3, 0.4) is 0 Å². The fourth-order valence-corrected chi connectivity index (χ4v) is 6.28. The van der Waals surface area contributed by atoms with Crippen molar-refractivity contribution in [3.05, 3.63) is 69.1 Å². The van der Waals surface area contributed by atoms with Crippen LogP contribution in [0.1, 0.15) is 58.9 Å². The van der Waals surface area contributed by atoms with Crippen LogP contribution >= 0.6 is 0 Å². The van der Waals surface area contributed by atoms with Crippen LogP contribution in [0.2, 0.25) is 0 Å². The third kappa shape index (κ3) is 3.39. The van der Waals surface area contributed by atoms with Crippen LogP contribution in [0, 0.1) is 25.7 Å². The number of rotatable bonds is 2. The number of carbonyl (C=O) groups excluding carboxylic acids is 1. The molecule has 3 saturated heterocycles. The Bertz CT molecular complexity index is 999. The van der Waals surface area contributed by atoms with Crippen molar-refractivity contribution in [2.45, 2.75) is 51.6 Å². The molecule has 1 amide bonds. The fraction of sp³-hybridized carbons (Fsp3) is 0.520. The van der Waals surface area contributed by atoms with Crippen LogP contribution in [-0.2, 0) is 0 Å². The van der Waals surface area contributed by atoms with Crippen LogP contribution in [0.4, 0.5) is 0 Å². The summed E-state index contributed by atoms with van der Waals surface area (Å²) in [5, 5.41) is 0. The number of likely N-dealkylation sites (tertiary alicyclic amines) is 1. The molecule has 3 aliphatic heterocycles. The van der Waals surface area contributed by atoms with Gasteiger partial charge in [-0.05, 0) is 68.6 Å². The van der Waals surface area contributed by atoms with E-state index in [1.165, 1.54) is 31.2 Å². The lowest BCUT2D eigenvalue weighted by molar-refractivity contribution is -0.0512. The number of amides is 1. The number of H-pyrrole nitrogens is 1. The highest BCUT2D eigenvalue weighted by Gasteiger charge is 2.46. The number of nitrogens with zero attached hydrogens (tertiary/aromatic N) is 2. The average molecular weight is 406 g/mol. The molecule has 1 aromatic carbocycles. The van der Waals surface area contributed by atoms with E-state index in [0.717, 1.165) is 30.9 Å². The van der Waals surface area contributed by atoms with Gasteiger partial charge in [0.1, 0.15) is 5.56 Å². The molecule has 0 spiro atoms. The van der Waals surface area contributed by atoms with E-state index >= 15 is 0 Å². The van der Waals surface area contributed by atoms with E-state index in [1.807, 2.05) is 24.8 Å². The lowest BCUT2D eigenvalue weighted by Crippen LogP contribution is -2.60. The largest absolute Gasteiger partial charge is 0.338 e. The summed E-state index contributed by atoms with van der Waals surface area (Å²) in [5.41, 5.74) is 3.08. The van der Waals surface area contributed by atoms with Gasteiger partial charge in [0.25, 0.3) is 11.5 Å². The van der Waals surface area contributed by atoms with Crippen LogP contribution in [-0.4, -0.2) is 46.4 Å². The summed E-state index contributed by atoms with van der Waals surface area (Å²) in [6, 6.07) is 13.8. The number of hydrogen-bond acceptors (Lipinski definition) is 3. The van der Waals surface area contributed by atoms with E-state index in [2.05, 4.69) is 40.2 Å². The Hall–Kier alpha value is -2.40. The molecule has 0 radical (unpaired) electrons. The van der Waals surface area contributed by atoms with Gasteiger partial charge in [0.2, 0.25) is 0 Å². The minimum atomic E-state index is -0.253.